The van der Waals surface area contributed by atoms with Crippen LogP contribution < -0.4 is 19.5 Å². The summed E-state index contributed by atoms with van der Waals surface area (Å²) in [4.78, 5) is 23.9. The highest BCUT2D eigenvalue weighted by Gasteiger charge is 2.15. The summed E-state index contributed by atoms with van der Waals surface area (Å²) in [7, 11) is 0. The van der Waals surface area contributed by atoms with E-state index in [0.29, 0.717) is 28.9 Å². The normalized spacial score (nSPS) is 12.0. The molecule has 0 fully saturated rings. The van der Waals surface area contributed by atoms with Crippen LogP contribution in [-0.2, 0) is 14.3 Å². The van der Waals surface area contributed by atoms with Gasteiger partial charge in [-0.15, -0.1) is 0 Å². The lowest BCUT2D eigenvalue weighted by Crippen LogP contribution is -2.23. The topological polar surface area (TPSA) is 83.1 Å². The molecule has 1 aliphatic rings. The lowest BCUT2D eigenvalue weighted by molar-refractivity contribution is -0.149. The van der Waals surface area contributed by atoms with Gasteiger partial charge in [-0.3, -0.25) is 4.79 Å². The minimum absolute atomic E-state index is 0.157. The number of hydrogen-bond acceptors (Lipinski definition) is 6. The SMILES string of the molecule is Cc1ccc(C(C)C)cc1OCC(=O)OCC(=O)Nc1ccc2c(c1)OCO2. The second kappa shape index (κ2) is 8.65. The molecule has 0 unspecified atom stereocenters. The summed E-state index contributed by atoms with van der Waals surface area (Å²) in [5, 5.41) is 2.64. The van der Waals surface area contributed by atoms with Crippen molar-refractivity contribution in [1.29, 1.82) is 0 Å². The summed E-state index contributed by atoms with van der Waals surface area (Å²) in [6.45, 7) is 5.57. The molecule has 148 valence electrons. The van der Waals surface area contributed by atoms with Gasteiger partial charge in [-0.1, -0.05) is 26.0 Å². The third-order valence-electron chi connectivity index (χ3n) is 4.24. The molecule has 0 radical (unpaired) electrons. The van der Waals surface area contributed by atoms with Gasteiger partial charge in [0.2, 0.25) is 6.79 Å². The molecule has 1 N–H and O–H groups in total. The van der Waals surface area contributed by atoms with Crippen molar-refractivity contribution in [1.82, 2.24) is 0 Å². The fraction of sp³-hybridized carbons (Fsp3) is 0.333. The highest BCUT2D eigenvalue weighted by molar-refractivity contribution is 5.93. The van der Waals surface area contributed by atoms with Crippen LogP contribution >= 0.6 is 0 Å². The van der Waals surface area contributed by atoms with Crippen LogP contribution in [0.5, 0.6) is 17.2 Å². The molecule has 1 amide bonds. The van der Waals surface area contributed by atoms with Crippen LogP contribution in [0.1, 0.15) is 30.9 Å². The number of aryl methyl sites for hydroxylation is 1. The maximum absolute atomic E-state index is 12.0. The Morgan fingerprint density at radius 3 is 2.64 bits per heavy atom. The molecule has 0 saturated heterocycles. The fourth-order valence-corrected chi connectivity index (χ4v) is 2.63. The van der Waals surface area contributed by atoms with Gasteiger partial charge in [0, 0.05) is 11.8 Å². The number of carbonyl (C=O) groups excluding carboxylic acids is 2. The van der Waals surface area contributed by atoms with E-state index in [1.807, 2.05) is 25.1 Å². The molecule has 0 aromatic heterocycles. The quantitative estimate of drug-likeness (QED) is 0.736. The first-order chi connectivity index (χ1) is 13.4. The standard InChI is InChI=1S/C21H23NO6/c1-13(2)15-5-4-14(3)18(8-15)25-11-21(24)26-10-20(23)22-16-6-7-17-19(9-16)28-12-27-17/h4-9,13H,10-12H2,1-3H3,(H,22,23). The number of anilines is 1. The largest absolute Gasteiger partial charge is 0.482 e. The van der Waals surface area contributed by atoms with Crippen molar-refractivity contribution in [3.05, 3.63) is 47.5 Å². The Labute approximate surface area is 163 Å². The van der Waals surface area contributed by atoms with Crippen molar-refractivity contribution >= 4 is 17.6 Å². The van der Waals surface area contributed by atoms with E-state index < -0.39 is 18.5 Å². The van der Waals surface area contributed by atoms with Crippen LogP contribution in [0.2, 0.25) is 0 Å². The maximum Gasteiger partial charge on any atom is 0.344 e. The summed E-state index contributed by atoms with van der Waals surface area (Å²) in [6, 6.07) is 10.9. The second-order valence-corrected chi connectivity index (χ2v) is 6.75. The Kier molecular flexibility index (Phi) is 6.03. The Morgan fingerprint density at radius 1 is 1.07 bits per heavy atom. The van der Waals surface area contributed by atoms with Gasteiger partial charge < -0.3 is 24.3 Å². The molecule has 3 rings (SSSR count). The van der Waals surface area contributed by atoms with Crippen LogP contribution in [0.15, 0.2) is 36.4 Å². The molecular formula is C21H23NO6. The molecule has 0 bridgehead atoms. The van der Waals surface area contributed by atoms with E-state index in [1.54, 1.807) is 18.2 Å². The second-order valence-electron chi connectivity index (χ2n) is 6.75. The van der Waals surface area contributed by atoms with E-state index in [9.17, 15) is 9.59 Å². The molecule has 0 atom stereocenters. The molecule has 2 aromatic carbocycles. The van der Waals surface area contributed by atoms with Crippen LogP contribution in [0.3, 0.4) is 0 Å². The molecule has 1 aliphatic heterocycles. The highest BCUT2D eigenvalue weighted by atomic mass is 16.7. The maximum atomic E-state index is 12.0. The summed E-state index contributed by atoms with van der Waals surface area (Å²) < 4.78 is 21.0. The van der Waals surface area contributed by atoms with E-state index in [1.165, 1.54) is 0 Å². The molecular weight excluding hydrogens is 362 g/mol. The summed E-state index contributed by atoms with van der Waals surface area (Å²) in [6.07, 6.45) is 0. The van der Waals surface area contributed by atoms with Crippen LogP contribution in [0, 0.1) is 6.92 Å². The number of benzene rings is 2. The zero-order chi connectivity index (χ0) is 20.1. The van der Waals surface area contributed by atoms with Gasteiger partial charge >= 0.3 is 5.97 Å². The van der Waals surface area contributed by atoms with Crippen molar-refractivity contribution < 1.29 is 28.5 Å². The van der Waals surface area contributed by atoms with Crippen LogP contribution in [0.4, 0.5) is 5.69 Å². The third-order valence-corrected chi connectivity index (χ3v) is 4.24. The predicted octanol–water partition coefficient (Wildman–Crippen LogP) is 3.41. The van der Waals surface area contributed by atoms with E-state index >= 15 is 0 Å². The Bertz CT molecular complexity index is 877. The van der Waals surface area contributed by atoms with Gasteiger partial charge in [0.1, 0.15) is 5.75 Å². The van der Waals surface area contributed by atoms with E-state index in [4.69, 9.17) is 18.9 Å². The first-order valence-corrected chi connectivity index (χ1v) is 9.01. The minimum Gasteiger partial charge on any atom is -0.482 e. The lowest BCUT2D eigenvalue weighted by Gasteiger charge is -2.12. The van der Waals surface area contributed by atoms with Gasteiger partial charge in [0.15, 0.2) is 24.7 Å². The third kappa shape index (κ3) is 4.94. The minimum atomic E-state index is -0.616. The summed E-state index contributed by atoms with van der Waals surface area (Å²) in [5.41, 5.74) is 2.58. The lowest BCUT2D eigenvalue weighted by atomic mass is 10.0. The number of esters is 1. The first-order valence-electron chi connectivity index (χ1n) is 9.01. The first kappa shape index (κ1) is 19.5. The van der Waals surface area contributed by atoms with Crippen molar-refractivity contribution in [3.63, 3.8) is 0 Å². The van der Waals surface area contributed by atoms with Gasteiger partial charge in [-0.05, 0) is 42.2 Å². The van der Waals surface area contributed by atoms with Gasteiger partial charge in [0.25, 0.3) is 5.91 Å². The highest BCUT2D eigenvalue weighted by Crippen LogP contribution is 2.34. The molecule has 0 saturated carbocycles. The number of nitrogens with one attached hydrogen (secondary N) is 1. The number of ether oxygens (including phenoxy) is 4. The Morgan fingerprint density at radius 2 is 1.86 bits per heavy atom. The smallest absolute Gasteiger partial charge is 0.344 e. The van der Waals surface area contributed by atoms with Crippen molar-refractivity contribution in [2.24, 2.45) is 0 Å². The zero-order valence-corrected chi connectivity index (χ0v) is 16.1. The Balaban J connectivity index is 1.45. The van der Waals surface area contributed by atoms with E-state index in [-0.39, 0.29) is 13.4 Å². The zero-order valence-electron chi connectivity index (χ0n) is 16.1. The number of rotatable bonds is 7. The van der Waals surface area contributed by atoms with Crippen molar-refractivity contribution in [2.45, 2.75) is 26.7 Å². The van der Waals surface area contributed by atoms with Crippen molar-refractivity contribution in [2.75, 3.05) is 25.3 Å². The van der Waals surface area contributed by atoms with Gasteiger partial charge in [-0.25, -0.2) is 4.79 Å². The van der Waals surface area contributed by atoms with E-state index in [0.717, 1.165) is 11.1 Å². The average molecular weight is 385 g/mol. The Hall–Kier alpha value is -3.22. The molecule has 7 heteroatoms. The number of hydrogen-bond donors (Lipinski definition) is 1. The molecule has 2 aromatic rings. The van der Waals surface area contributed by atoms with Crippen molar-refractivity contribution in [3.8, 4) is 17.2 Å². The predicted molar refractivity (Wildman–Crippen MR) is 103 cm³/mol. The molecule has 0 aliphatic carbocycles. The molecule has 1 heterocycles. The van der Waals surface area contributed by atoms with E-state index in [2.05, 4.69) is 19.2 Å². The van der Waals surface area contributed by atoms with Crippen LogP contribution in [0.25, 0.3) is 0 Å². The molecule has 0 spiro atoms. The molecule has 7 nitrogen and oxygen atoms in total. The van der Waals surface area contributed by atoms with Gasteiger partial charge in [0.05, 0.1) is 0 Å². The molecule has 28 heavy (non-hydrogen) atoms. The fourth-order valence-electron chi connectivity index (χ4n) is 2.63. The monoisotopic (exact) mass is 385 g/mol. The van der Waals surface area contributed by atoms with Gasteiger partial charge in [-0.2, -0.15) is 0 Å². The van der Waals surface area contributed by atoms with Crippen LogP contribution in [-0.4, -0.2) is 31.9 Å². The number of carbonyl (C=O) groups is 2. The summed E-state index contributed by atoms with van der Waals surface area (Å²) >= 11 is 0. The number of amides is 1. The average Bonchev–Trinajstić information content (AvgIpc) is 3.13. The number of fused-ring (bicyclic) bond motifs is 1. The summed E-state index contributed by atoms with van der Waals surface area (Å²) in [5.74, 6) is 1.10.